The number of hydrogen-bond donors (Lipinski definition) is 1. The Morgan fingerprint density at radius 2 is 1.90 bits per heavy atom. The molecule has 1 saturated heterocycles. The Balaban J connectivity index is 1.51. The monoisotopic (exact) mass is 582 g/mol. The number of carbonyl (C=O) groups excluding carboxylic acids is 2. The highest BCUT2D eigenvalue weighted by Gasteiger charge is 2.38. The van der Waals surface area contributed by atoms with Gasteiger partial charge in [-0.15, -0.1) is 0 Å². The standard InChI is InChI=1S/C30H36ClFN6O3/c1-17(2)26-27(33-14-20-8-9-21(31)22(32)13-20)34-15-23(36-26)28(39)38-11-10-37(16-30(38,5)6)24-12-18(3)25(19(4)35-24)29(40)41-7/h8-9,12-13,15,17H,10-11,14,16H2,1-7H3,(H,33,34). The Morgan fingerprint density at radius 3 is 2.51 bits per heavy atom. The molecule has 0 saturated carbocycles. The predicted octanol–water partition coefficient (Wildman–Crippen LogP) is 5.54. The van der Waals surface area contributed by atoms with Crippen molar-refractivity contribution in [1.29, 1.82) is 0 Å². The van der Waals surface area contributed by atoms with E-state index in [2.05, 4.69) is 20.2 Å². The van der Waals surface area contributed by atoms with Crippen LogP contribution in [0.15, 0.2) is 30.5 Å². The van der Waals surface area contributed by atoms with E-state index in [1.807, 2.05) is 45.6 Å². The topological polar surface area (TPSA) is 101 Å². The molecule has 0 aliphatic carbocycles. The van der Waals surface area contributed by atoms with Crippen LogP contribution in [0.25, 0.3) is 0 Å². The minimum atomic E-state index is -0.533. The molecule has 41 heavy (non-hydrogen) atoms. The maximum absolute atomic E-state index is 13.9. The van der Waals surface area contributed by atoms with Gasteiger partial charge in [-0.2, -0.15) is 0 Å². The molecule has 2 aromatic heterocycles. The first-order valence-electron chi connectivity index (χ1n) is 13.5. The van der Waals surface area contributed by atoms with E-state index in [-0.39, 0.29) is 22.5 Å². The Kier molecular flexibility index (Phi) is 8.82. The number of anilines is 2. The summed E-state index contributed by atoms with van der Waals surface area (Å²) in [5, 5.41) is 3.29. The van der Waals surface area contributed by atoms with Crippen molar-refractivity contribution in [2.75, 3.05) is 37.0 Å². The molecule has 218 valence electrons. The molecule has 0 unspecified atom stereocenters. The number of aromatic nitrogens is 3. The van der Waals surface area contributed by atoms with Crippen molar-refractivity contribution in [2.45, 2.75) is 59.5 Å². The summed E-state index contributed by atoms with van der Waals surface area (Å²) in [6, 6.07) is 6.52. The molecule has 1 aromatic carbocycles. The first-order chi connectivity index (χ1) is 19.3. The SMILES string of the molecule is COC(=O)c1c(C)cc(N2CCN(C(=O)c3cnc(NCc4ccc(Cl)c(F)c4)c(C(C)C)n3)C(C)(C)C2)nc1C. The normalized spacial score (nSPS) is 14.8. The largest absolute Gasteiger partial charge is 0.465 e. The van der Waals surface area contributed by atoms with Crippen LogP contribution in [0.1, 0.15) is 77.0 Å². The quantitative estimate of drug-likeness (QED) is 0.362. The van der Waals surface area contributed by atoms with Gasteiger partial charge in [0.1, 0.15) is 23.1 Å². The minimum Gasteiger partial charge on any atom is -0.465 e. The van der Waals surface area contributed by atoms with Crippen molar-refractivity contribution in [1.82, 2.24) is 19.9 Å². The van der Waals surface area contributed by atoms with Crippen LogP contribution in [0.5, 0.6) is 0 Å². The fraction of sp³-hybridized carbons (Fsp3) is 0.433. The number of nitrogens with one attached hydrogen (secondary N) is 1. The summed E-state index contributed by atoms with van der Waals surface area (Å²) in [4.78, 5) is 43.7. The van der Waals surface area contributed by atoms with Crippen molar-refractivity contribution in [3.8, 4) is 0 Å². The highest BCUT2D eigenvalue weighted by atomic mass is 35.5. The molecular weight excluding hydrogens is 547 g/mol. The highest BCUT2D eigenvalue weighted by Crippen LogP contribution is 2.29. The number of pyridine rings is 1. The van der Waals surface area contributed by atoms with Crippen LogP contribution < -0.4 is 10.2 Å². The van der Waals surface area contributed by atoms with Gasteiger partial charge in [0, 0.05) is 26.2 Å². The number of halogens is 2. The van der Waals surface area contributed by atoms with Gasteiger partial charge in [0.2, 0.25) is 0 Å². The number of hydrogen-bond acceptors (Lipinski definition) is 8. The van der Waals surface area contributed by atoms with Crippen LogP contribution in [0.3, 0.4) is 0 Å². The van der Waals surface area contributed by atoms with Crippen LogP contribution in [0.4, 0.5) is 16.0 Å². The van der Waals surface area contributed by atoms with E-state index in [1.165, 1.54) is 25.4 Å². The number of carbonyl (C=O) groups is 2. The first kappa shape index (κ1) is 30.2. The molecule has 4 rings (SSSR count). The van der Waals surface area contributed by atoms with Crippen molar-refractivity contribution in [3.63, 3.8) is 0 Å². The average molecular weight is 583 g/mol. The van der Waals surface area contributed by atoms with Gasteiger partial charge >= 0.3 is 5.97 Å². The maximum atomic E-state index is 13.9. The van der Waals surface area contributed by atoms with Gasteiger partial charge in [-0.3, -0.25) is 4.79 Å². The van der Waals surface area contributed by atoms with E-state index in [0.29, 0.717) is 54.5 Å². The van der Waals surface area contributed by atoms with Crippen LogP contribution >= 0.6 is 11.6 Å². The molecule has 0 bridgehead atoms. The van der Waals surface area contributed by atoms with E-state index >= 15 is 0 Å². The van der Waals surface area contributed by atoms with Crippen molar-refractivity contribution in [2.24, 2.45) is 0 Å². The Hall–Kier alpha value is -3.79. The Labute approximate surface area is 245 Å². The number of rotatable bonds is 7. The number of esters is 1. The minimum absolute atomic E-state index is 0.00456. The van der Waals surface area contributed by atoms with Crippen molar-refractivity contribution in [3.05, 3.63) is 75.1 Å². The fourth-order valence-electron chi connectivity index (χ4n) is 5.13. The molecule has 1 aliphatic heterocycles. The summed E-state index contributed by atoms with van der Waals surface area (Å²) in [7, 11) is 1.36. The van der Waals surface area contributed by atoms with E-state index in [0.717, 1.165) is 11.4 Å². The summed E-state index contributed by atoms with van der Waals surface area (Å²) in [5.41, 5.74) is 2.98. The summed E-state index contributed by atoms with van der Waals surface area (Å²) >= 11 is 5.79. The van der Waals surface area contributed by atoms with Crippen molar-refractivity contribution >= 4 is 35.1 Å². The lowest BCUT2D eigenvalue weighted by Crippen LogP contribution is -2.61. The molecule has 1 amide bonds. The number of benzene rings is 1. The molecule has 0 radical (unpaired) electrons. The average Bonchev–Trinajstić information content (AvgIpc) is 2.92. The molecule has 1 fully saturated rings. The third-order valence-electron chi connectivity index (χ3n) is 7.25. The number of aryl methyl sites for hydroxylation is 2. The molecule has 0 spiro atoms. The number of amides is 1. The van der Waals surface area contributed by atoms with Gasteiger partial charge in [-0.1, -0.05) is 31.5 Å². The van der Waals surface area contributed by atoms with Crippen LogP contribution in [0, 0.1) is 19.7 Å². The number of nitrogens with zero attached hydrogens (tertiary/aromatic N) is 5. The first-order valence-corrected chi connectivity index (χ1v) is 13.9. The lowest BCUT2D eigenvalue weighted by atomic mass is 9.97. The van der Waals surface area contributed by atoms with Gasteiger partial charge in [-0.05, 0) is 62.9 Å². The third kappa shape index (κ3) is 6.43. The number of methoxy groups -OCH3 is 1. The van der Waals surface area contributed by atoms with Gasteiger partial charge in [0.05, 0.1) is 40.8 Å². The molecule has 11 heteroatoms. The van der Waals surface area contributed by atoms with Gasteiger partial charge < -0.3 is 19.9 Å². The van der Waals surface area contributed by atoms with E-state index in [4.69, 9.17) is 21.3 Å². The van der Waals surface area contributed by atoms with Gasteiger partial charge in [0.25, 0.3) is 5.91 Å². The second kappa shape index (κ2) is 12.0. The highest BCUT2D eigenvalue weighted by molar-refractivity contribution is 6.30. The predicted molar refractivity (Wildman–Crippen MR) is 157 cm³/mol. The van der Waals surface area contributed by atoms with Crippen LogP contribution in [0.2, 0.25) is 5.02 Å². The van der Waals surface area contributed by atoms with E-state index < -0.39 is 17.3 Å². The summed E-state index contributed by atoms with van der Waals surface area (Å²) in [6.45, 7) is 13.6. The van der Waals surface area contributed by atoms with Gasteiger partial charge in [-0.25, -0.2) is 24.1 Å². The smallest absolute Gasteiger partial charge is 0.339 e. The zero-order valence-corrected chi connectivity index (χ0v) is 25.3. The number of piperazine rings is 1. The molecule has 1 aliphatic rings. The molecule has 3 heterocycles. The molecule has 9 nitrogen and oxygen atoms in total. The molecular formula is C30H36ClFN6O3. The maximum Gasteiger partial charge on any atom is 0.339 e. The van der Waals surface area contributed by atoms with E-state index in [1.54, 1.807) is 13.0 Å². The van der Waals surface area contributed by atoms with Crippen LogP contribution in [-0.4, -0.2) is 64.0 Å². The third-order valence-corrected chi connectivity index (χ3v) is 7.56. The Morgan fingerprint density at radius 1 is 1.17 bits per heavy atom. The zero-order valence-electron chi connectivity index (χ0n) is 24.5. The second-order valence-electron chi connectivity index (χ2n) is 11.2. The molecule has 1 N–H and O–H groups in total. The second-order valence-corrected chi connectivity index (χ2v) is 11.6. The fourth-order valence-corrected chi connectivity index (χ4v) is 5.25. The van der Waals surface area contributed by atoms with Crippen LogP contribution in [-0.2, 0) is 11.3 Å². The number of ether oxygens (including phenoxy) is 1. The lowest BCUT2D eigenvalue weighted by Gasteiger charge is -2.47. The van der Waals surface area contributed by atoms with Crippen molar-refractivity contribution < 1.29 is 18.7 Å². The summed E-state index contributed by atoms with van der Waals surface area (Å²) in [5.74, 6) is 0.210. The molecule has 3 aromatic rings. The zero-order chi connectivity index (χ0) is 30.1. The Bertz CT molecular complexity index is 1460. The molecule has 0 atom stereocenters. The van der Waals surface area contributed by atoms with E-state index in [9.17, 15) is 14.0 Å². The lowest BCUT2D eigenvalue weighted by molar-refractivity contribution is 0.0505. The van der Waals surface area contributed by atoms with Gasteiger partial charge in [0.15, 0.2) is 0 Å². The summed E-state index contributed by atoms with van der Waals surface area (Å²) < 4.78 is 18.8. The summed E-state index contributed by atoms with van der Waals surface area (Å²) in [6.07, 6.45) is 1.49.